The van der Waals surface area contributed by atoms with Crippen molar-refractivity contribution in [3.05, 3.63) is 41.5 Å². The first-order chi connectivity index (χ1) is 15.0. The lowest BCUT2D eigenvalue weighted by molar-refractivity contribution is -0.144. The van der Waals surface area contributed by atoms with Crippen LogP contribution in [0.5, 0.6) is 0 Å². The van der Waals surface area contributed by atoms with E-state index in [1.54, 1.807) is 6.92 Å². The highest BCUT2D eigenvalue weighted by atomic mass is 16.5. The molecule has 0 saturated heterocycles. The first-order valence-corrected chi connectivity index (χ1v) is 10.9. The maximum atomic E-state index is 12.6. The Bertz CT molecular complexity index is 884. The van der Waals surface area contributed by atoms with E-state index in [9.17, 15) is 9.59 Å². The van der Waals surface area contributed by atoms with Crippen LogP contribution in [0.4, 0.5) is 17.6 Å². The minimum Gasteiger partial charge on any atom is -0.464 e. The average molecular weight is 426 g/mol. The molecule has 0 unspecified atom stereocenters. The first-order valence-electron chi connectivity index (χ1n) is 10.9. The lowest BCUT2D eigenvalue weighted by Gasteiger charge is -2.33. The standard InChI is InChI=1S/C23H31N5O3/c1-3-31-22(30)19(14-16-10-6-4-7-11-16)25-20-18(15-29)21(27-23(24)26-20)28(2)17-12-8-5-9-13-17/h4,6-7,10-11,15,17,19H,3,5,8-9,12-14H2,1-2H3,(H3,24,25,26,27)/t19-/m0/s1. The fraction of sp³-hybridized carbons (Fsp3) is 0.478. The van der Waals surface area contributed by atoms with E-state index in [-0.39, 0.29) is 18.4 Å². The number of hydrogen-bond donors (Lipinski definition) is 2. The van der Waals surface area contributed by atoms with Crippen molar-refractivity contribution >= 4 is 29.8 Å². The number of aromatic nitrogens is 2. The van der Waals surface area contributed by atoms with Gasteiger partial charge in [-0.15, -0.1) is 0 Å². The van der Waals surface area contributed by atoms with Gasteiger partial charge in [-0.1, -0.05) is 49.6 Å². The van der Waals surface area contributed by atoms with E-state index < -0.39 is 12.0 Å². The summed E-state index contributed by atoms with van der Waals surface area (Å²) in [6.07, 6.45) is 6.72. The van der Waals surface area contributed by atoms with Gasteiger partial charge in [-0.25, -0.2) is 4.79 Å². The molecule has 1 saturated carbocycles. The molecule has 0 bridgehead atoms. The molecular formula is C23H31N5O3. The summed E-state index contributed by atoms with van der Waals surface area (Å²) in [6, 6.07) is 9.18. The number of anilines is 3. The summed E-state index contributed by atoms with van der Waals surface area (Å²) in [5, 5.41) is 3.11. The number of esters is 1. The van der Waals surface area contributed by atoms with Gasteiger partial charge in [-0.3, -0.25) is 4.79 Å². The van der Waals surface area contributed by atoms with Gasteiger partial charge in [0.05, 0.1) is 12.2 Å². The molecule has 166 valence electrons. The van der Waals surface area contributed by atoms with Crippen LogP contribution >= 0.6 is 0 Å². The number of rotatable bonds is 9. The molecular weight excluding hydrogens is 394 g/mol. The Labute approximate surface area is 183 Å². The molecule has 1 aromatic heterocycles. The van der Waals surface area contributed by atoms with Crippen LogP contribution in [-0.2, 0) is 16.0 Å². The Kier molecular flexibility index (Phi) is 7.81. The number of hydrogen-bond acceptors (Lipinski definition) is 8. The van der Waals surface area contributed by atoms with Crippen LogP contribution in [0, 0.1) is 0 Å². The van der Waals surface area contributed by atoms with Gasteiger partial charge in [0.15, 0.2) is 6.29 Å². The summed E-state index contributed by atoms with van der Waals surface area (Å²) in [7, 11) is 1.93. The zero-order chi connectivity index (χ0) is 22.2. The van der Waals surface area contributed by atoms with Gasteiger partial charge >= 0.3 is 5.97 Å². The molecule has 0 radical (unpaired) electrons. The maximum Gasteiger partial charge on any atom is 0.328 e. The second kappa shape index (κ2) is 10.7. The van der Waals surface area contributed by atoms with Gasteiger partial charge in [0, 0.05) is 19.5 Å². The van der Waals surface area contributed by atoms with Gasteiger partial charge < -0.3 is 20.7 Å². The number of nitrogen functional groups attached to an aromatic ring is 1. The fourth-order valence-electron chi connectivity index (χ4n) is 4.05. The summed E-state index contributed by atoms with van der Waals surface area (Å²) < 4.78 is 5.25. The van der Waals surface area contributed by atoms with Crippen LogP contribution in [0.3, 0.4) is 0 Å². The second-order valence-corrected chi connectivity index (χ2v) is 7.83. The number of carbonyl (C=O) groups is 2. The molecule has 1 fully saturated rings. The Morgan fingerprint density at radius 1 is 1.26 bits per heavy atom. The molecule has 1 heterocycles. The van der Waals surface area contributed by atoms with Crippen LogP contribution in [0.25, 0.3) is 0 Å². The summed E-state index contributed by atoms with van der Waals surface area (Å²) in [4.78, 5) is 35.3. The van der Waals surface area contributed by atoms with Gasteiger partial charge in [-0.2, -0.15) is 9.97 Å². The van der Waals surface area contributed by atoms with Gasteiger partial charge in [0.2, 0.25) is 5.95 Å². The predicted molar refractivity (Wildman–Crippen MR) is 121 cm³/mol. The van der Waals surface area contributed by atoms with Gasteiger partial charge in [0.1, 0.15) is 17.7 Å². The van der Waals surface area contributed by atoms with Crippen molar-refractivity contribution in [1.29, 1.82) is 0 Å². The van der Waals surface area contributed by atoms with Crippen LogP contribution in [0.2, 0.25) is 0 Å². The quantitative estimate of drug-likeness (QED) is 0.465. The van der Waals surface area contributed by atoms with E-state index in [1.807, 2.05) is 42.3 Å². The number of carbonyl (C=O) groups excluding carboxylic acids is 2. The molecule has 0 spiro atoms. The number of benzene rings is 1. The summed E-state index contributed by atoms with van der Waals surface area (Å²) >= 11 is 0. The van der Waals surface area contributed by atoms with Crippen molar-refractivity contribution < 1.29 is 14.3 Å². The molecule has 1 aliphatic carbocycles. The number of nitrogens with two attached hydrogens (primary N) is 1. The molecule has 3 N–H and O–H groups in total. The number of nitrogens with one attached hydrogen (secondary N) is 1. The third kappa shape index (κ3) is 5.71. The number of ether oxygens (including phenoxy) is 1. The molecule has 1 aromatic carbocycles. The molecule has 8 nitrogen and oxygen atoms in total. The van der Waals surface area contributed by atoms with E-state index in [0.29, 0.717) is 23.8 Å². The van der Waals surface area contributed by atoms with Crippen molar-refractivity contribution in [2.45, 2.75) is 57.5 Å². The first kappa shape index (κ1) is 22.5. The SMILES string of the molecule is CCOC(=O)[C@H](Cc1ccccc1)Nc1nc(N)nc(N(C)C2CCCCC2)c1C=O. The molecule has 2 aromatic rings. The minimum absolute atomic E-state index is 0.0491. The molecule has 1 aliphatic rings. The van der Waals surface area contributed by atoms with E-state index >= 15 is 0 Å². The van der Waals surface area contributed by atoms with Gasteiger partial charge in [-0.05, 0) is 25.3 Å². The maximum absolute atomic E-state index is 12.6. The third-order valence-electron chi connectivity index (χ3n) is 5.68. The van der Waals surface area contributed by atoms with E-state index in [1.165, 1.54) is 6.42 Å². The summed E-state index contributed by atoms with van der Waals surface area (Å²) in [5.41, 5.74) is 7.25. The highest BCUT2D eigenvalue weighted by Gasteiger charge is 2.27. The zero-order valence-corrected chi connectivity index (χ0v) is 18.2. The second-order valence-electron chi connectivity index (χ2n) is 7.83. The van der Waals surface area contributed by atoms with E-state index in [2.05, 4.69) is 15.3 Å². The third-order valence-corrected chi connectivity index (χ3v) is 5.68. The van der Waals surface area contributed by atoms with Crippen molar-refractivity contribution in [2.24, 2.45) is 0 Å². The summed E-state index contributed by atoms with van der Waals surface area (Å²) in [5.74, 6) is 0.365. The average Bonchev–Trinajstić information content (AvgIpc) is 2.79. The van der Waals surface area contributed by atoms with Crippen molar-refractivity contribution in [3.8, 4) is 0 Å². The smallest absolute Gasteiger partial charge is 0.328 e. The minimum atomic E-state index is -0.719. The van der Waals surface area contributed by atoms with Crippen LogP contribution in [0.1, 0.15) is 54.9 Å². The Morgan fingerprint density at radius 2 is 1.97 bits per heavy atom. The molecule has 8 heteroatoms. The number of nitrogens with zero attached hydrogens (tertiary/aromatic N) is 3. The van der Waals surface area contributed by atoms with E-state index in [4.69, 9.17) is 10.5 Å². The monoisotopic (exact) mass is 425 g/mol. The molecule has 3 rings (SSSR count). The highest BCUT2D eigenvalue weighted by molar-refractivity contribution is 5.91. The normalized spacial score (nSPS) is 15.2. The van der Waals surface area contributed by atoms with E-state index in [0.717, 1.165) is 37.5 Å². The lowest BCUT2D eigenvalue weighted by atomic mass is 9.94. The predicted octanol–water partition coefficient (Wildman–Crippen LogP) is 3.23. The Balaban J connectivity index is 1.92. The fourth-order valence-corrected chi connectivity index (χ4v) is 4.05. The highest BCUT2D eigenvalue weighted by Crippen LogP contribution is 2.30. The van der Waals surface area contributed by atoms with Crippen molar-refractivity contribution in [2.75, 3.05) is 29.6 Å². The van der Waals surface area contributed by atoms with Gasteiger partial charge in [0.25, 0.3) is 0 Å². The van der Waals surface area contributed by atoms with Crippen LogP contribution < -0.4 is 16.0 Å². The molecule has 1 atom stereocenters. The topological polar surface area (TPSA) is 110 Å². The Hall–Kier alpha value is -3.16. The lowest BCUT2D eigenvalue weighted by Crippen LogP contribution is -2.37. The van der Waals surface area contributed by atoms with Crippen LogP contribution in [-0.4, -0.2) is 48.0 Å². The number of aldehydes is 1. The zero-order valence-electron chi connectivity index (χ0n) is 18.2. The summed E-state index contributed by atoms with van der Waals surface area (Å²) in [6.45, 7) is 2.02. The molecule has 31 heavy (non-hydrogen) atoms. The Morgan fingerprint density at radius 3 is 2.61 bits per heavy atom. The van der Waals surface area contributed by atoms with Crippen molar-refractivity contribution in [3.63, 3.8) is 0 Å². The molecule has 0 amide bonds. The largest absolute Gasteiger partial charge is 0.464 e. The van der Waals surface area contributed by atoms with Crippen molar-refractivity contribution in [1.82, 2.24) is 9.97 Å². The van der Waals surface area contributed by atoms with Crippen LogP contribution in [0.15, 0.2) is 30.3 Å². The molecule has 0 aliphatic heterocycles.